The van der Waals surface area contributed by atoms with Crippen LogP contribution >= 0.6 is 0 Å². The van der Waals surface area contributed by atoms with Crippen LogP contribution in [0.1, 0.15) is 30.3 Å². The summed E-state index contributed by atoms with van der Waals surface area (Å²) in [6.45, 7) is 2.01. The molecular weight excluding hydrogens is 288 g/mol. The van der Waals surface area contributed by atoms with Gasteiger partial charge in [0.05, 0.1) is 6.04 Å². The summed E-state index contributed by atoms with van der Waals surface area (Å²) in [6.07, 6.45) is 7.61. The maximum atomic E-state index is 6.23. The number of fused-ring (bicyclic) bond motifs is 1. The molecular formula is C18H22N4O. The zero-order valence-corrected chi connectivity index (χ0v) is 13.1. The third-order valence-electron chi connectivity index (χ3n) is 4.94. The standard InChI is InChI=1S/C18H22N4O/c19-16(10-13-6-2-1-3-7-13)17-20-21-18(23-17)22-11-14-8-4-5-9-15(14)12-22/h1-7,14-16H,8-12,19H2/t14-,15+,16-/m1/s1. The van der Waals surface area contributed by atoms with Crippen molar-refractivity contribution in [2.75, 3.05) is 18.0 Å². The molecule has 1 aliphatic heterocycles. The summed E-state index contributed by atoms with van der Waals surface area (Å²) in [6, 6.07) is 10.5. The molecule has 0 bridgehead atoms. The number of aromatic nitrogens is 2. The maximum Gasteiger partial charge on any atom is 0.318 e. The summed E-state index contributed by atoms with van der Waals surface area (Å²) in [5, 5.41) is 8.40. The van der Waals surface area contributed by atoms with Crippen molar-refractivity contribution in [1.29, 1.82) is 0 Å². The molecule has 0 radical (unpaired) electrons. The molecule has 1 fully saturated rings. The lowest BCUT2D eigenvalue weighted by Crippen LogP contribution is -2.20. The lowest BCUT2D eigenvalue weighted by molar-refractivity contribution is 0.411. The van der Waals surface area contributed by atoms with E-state index >= 15 is 0 Å². The highest BCUT2D eigenvalue weighted by Crippen LogP contribution is 2.35. The van der Waals surface area contributed by atoms with Gasteiger partial charge in [0.15, 0.2) is 0 Å². The molecule has 0 saturated carbocycles. The molecule has 120 valence electrons. The molecule has 1 aromatic heterocycles. The molecule has 23 heavy (non-hydrogen) atoms. The van der Waals surface area contributed by atoms with Crippen molar-refractivity contribution in [3.63, 3.8) is 0 Å². The summed E-state index contributed by atoms with van der Waals surface area (Å²) in [4.78, 5) is 2.22. The topological polar surface area (TPSA) is 68.2 Å². The Balaban J connectivity index is 1.43. The number of allylic oxidation sites excluding steroid dienone is 2. The van der Waals surface area contributed by atoms with Gasteiger partial charge in [-0.25, -0.2) is 0 Å². The van der Waals surface area contributed by atoms with E-state index in [-0.39, 0.29) is 6.04 Å². The molecule has 2 N–H and O–H groups in total. The molecule has 1 saturated heterocycles. The Bertz CT molecular complexity index is 665. The number of anilines is 1. The van der Waals surface area contributed by atoms with Crippen LogP contribution in [-0.4, -0.2) is 23.3 Å². The van der Waals surface area contributed by atoms with Crippen LogP contribution in [0, 0.1) is 11.8 Å². The van der Waals surface area contributed by atoms with E-state index in [1.807, 2.05) is 18.2 Å². The predicted molar refractivity (Wildman–Crippen MR) is 88.9 cm³/mol. The molecule has 0 unspecified atom stereocenters. The highest BCUT2D eigenvalue weighted by molar-refractivity contribution is 5.29. The maximum absolute atomic E-state index is 6.23. The molecule has 0 spiro atoms. The van der Waals surface area contributed by atoms with Gasteiger partial charge in [-0.05, 0) is 36.7 Å². The number of hydrogen-bond acceptors (Lipinski definition) is 5. The molecule has 1 aromatic carbocycles. The van der Waals surface area contributed by atoms with E-state index in [4.69, 9.17) is 10.2 Å². The fraction of sp³-hybridized carbons (Fsp3) is 0.444. The van der Waals surface area contributed by atoms with Crippen LogP contribution in [0.4, 0.5) is 6.01 Å². The summed E-state index contributed by atoms with van der Waals surface area (Å²) in [7, 11) is 0. The molecule has 3 atom stereocenters. The van der Waals surface area contributed by atoms with Crippen molar-refractivity contribution in [3.8, 4) is 0 Å². The summed E-state index contributed by atoms with van der Waals surface area (Å²) < 4.78 is 5.87. The minimum Gasteiger partial charge on any atom is -0.406 e. The van der Waals surface area contributed by atoms with E-state index in [0.717, 1.165) is 25.9 Å². The zero-order valence-electron chi connectivity index (χ0n) is 13.1. The van der Waals surface area contributed by atoms with Crippen LogP contribution < -0.4 is 10.6 Å². The Labute approximate surface area is 136 Å². The molecule has 4 rings (SSSR count). The van der Waals surface area contributed by atoms with E-state index < -0.39 is 0 Å². The fourth-order valence-corrected chi connectivity index (χ4v) is 3.63. The largest absolute Gasteiger partial charge is 0.406 e. The van der Waals surface area contributed by atoms with Crippen LogP contribution in [0.3, 0.4) is 0 Å². The van der Waals surface area contributed by atoms with Gasteiger partial charge in [0.25, 0.3) is 0 Å². The highest BCUT2D eigenvalue weighted by atomic mass is 16.4. The Kier molecular flexibility index (Phi) is 3.87. The van der Waals surface area contributed by atoms with Crippen molar-refractivity contribution >= 4 is 6.01 Å². The lowest BCUT2D eigenvalue weighted by Gasteiger charge is -2.17. The van der Waals surface area contributed by atoms with Gasteiger partial charge < -0.3 is 15.1 Å². The van der Waals surface area contributed by atoms with Gasteiger partial charge >= 0.3 is 6.01 Å². The molecule has 0 amide bonds. The van der Waals surface area contributed by atoms with Crippen LogP contribution in [0.25, 0.3) is 0 Å². The second-order valence-electron chi connectivity index (χ2n) is 6.59. The normalized spacial score (nSPS) is 24.7. The predicted octanol–water partition coefficient (Wildman–Crippen LogP) is 2.71. The minimum atomic E-state index is -0.259. The second kappa shape index (κ2) is 6.16. The average molecular weight is 310 g/mol. The Morgan fingerprint density at radius 3 is 2.48 bits per heavy atom. The van der Waals surface area contributed by atoms with E-state index in [1.165, 1.54) is 5.56 Å². The van der Waals surface area contributed by atoms with Crippen molar-refractivity contribution < 1.29 is 4.42 Å². The van der Waals surface area contributed by atoms with Crippen LogP contribution in [-0.2, 0) is 6.42 Å². The Morgan fingerprint density at radius 2 is 1.78 bits per heavy atom. The second-order valence-corrected chi connectivity index (χ2v) is 6.59. The number of rotatable bonds is 4. The number of hydrogen-bond donors (Lipinski definition) is 1. The van der Waals surface area contributed by atoms with Crippen molar-refractivity contribution in [2.45, 2.75) is 25.3 Å². The van der Waals surface area contributed by atoms with Gasteiger partial charge in [-0.15, -0.1) is 5.10 Å². The van der Waals surface area contributed by atoms with Gasteiger partial charge in [-0.2, -0.15) is 0 Å². The number of benzene rings is 1. The summed E-state index contributed by atoms with van der Waals surface area (Å²) in [5.41, 5.74) is 7.41. The van der Waals surface area contributed by atoms with Gasteiger partial charge in [-0.3, -0.25) is 0 Å². The summed E-state index contributed by atoms with van der Waals surface area (Å²) >= 11 is 0. The summed E-state index contributed by atoms with van der Waals surface area (Å²) in [5.74, 6) is 1.96. The van der Waals surface area contributed by atoms with Crippen LogP contribution in [0.2, 0.25) is 0 Å². The van der Waals surface area contributed by atoms with E-state index in [1.54, 1.807) is 0 Å². The first kappa shape index (κ1) is 14.5. The van der Waals surface area contributed by atoms with Crippen LogP contribution in [0.15, 0.2) is 46.9 Å². The fourth-order valence-electron chi connectivity index (χ4n) is 3.63. The molecule has 2 aliphatic rings. The van der Waals surface area contributed by atoms with E-state index in [9.17, 15) is 0 Å². The van der Waals surface area contributed by atoms with Crippen molar-refractivity contribution in [1.82, 2.24) is 10.2 Å². The van der Waals surface area contributed by atoms with Gasteiger partial charge in [0, 0.05) is 13.1 Å². The molecule has 1 aliphatic carbocycles. The van der Waals surface area contributed by atoms with E-state index in [0.29, 0.717) is 30.2 Å². The number of nitrogens with zero attached hydrogens (tertiary/aromatic N) is 3. The zero-order chi connectivity index (χ0) is 15.6. The lowest BCUT2D eigenvalue weighted by atomic mass is 9.86. The van der Waals surface area contributed by atoms with E-state index in [2.05, 4.69) is 39.4 Å². The monoisotopic (exact) mass is 310 g/mol. The first-order valence-electron chi connectivity index (χ1n) is 8.32. The van der Waals surface area contributed by atoms with Crippen molar-refractivity contribution in [3.05, 3.63) is 53.9 Å². The molecule has 2 heterocycles. The highest BCUT2D eigenvalue weighted by Gasteiger charge is 2.35. The third kappa shape index (κ3) is 3.01. The molecule has 5 nitrogen and oxygen atoms in total. The number of nitrogens with two attached hydrogens (primary N) is 1. The molecule has 5 heteroatoms. The van der Waals surface area contributed by atoms with Crippen molar-refractivity contribution in [2.24, 2.45) is 17.6 Å². The Hall–Kier alpha value is -2.14. The van der Waals surface area contributed by atoms with Crippen LogP contribution in [0.5, 0.6) is 0 Å². The Morgan fingerprint density at radius 1 is 1.09 bits per heavy atom. The smallest absolute Gasteiger partial charge is 0.318 e. The SMILES string of the molecule is N[C@H](Cc1ccccc1)c1nnc(N2C[C@H]3CC=CC[C@H]3C2)o1. The minimum absolute atomic E-state index is 0.259. The van der Waals surface area contributed by atoms with Gasteiger partial charge in [0.1, 0.15) is 0 Å². The first-order chi connectivity index (χ1) is 11.3. The third-order valence-corrected chi connectivity index (χ3v) is 4.94. The first-order valence-corrected chi connectivity index (χ1v) is 8.32. The molecule has 2 aromatic rings. The quantitative estimate of drug-likeness (QED) is 0.879. The average Bonchev–Trinajstić information content (AvgIpc) is 3.22. The van der Waals surface area contributed by atoms with Gasteiger partial charge in [0.2, 0.25) is 5.89 Å². The van der Waals surface area contributed by atoms with Gasteiger partial charge in [-0.1, -0.05) is 47.6 Å².